The van der Waals surface area contributed by atoms with E-state index in [2.05, 4.69) is 33.3 Å². The Balaban J connectivity index is 1.08. The summed E-state index contributed by atoms with van der Waals surface area (Å²) in [5, 5.41) is 42.2. The fourth-order valence-corrected chi connectivity index (χ4v) is 7.62. The zero-order chi connectivity index (χ0) is 35.7. The number of aliphatic hydroxyl groups is 4. The molecule has 10 atom stereocenters. The average molecular weight is 736 g/mol. The first-order chi connectivity index (χ1) is 22.9. The number of anilines is 2. The monoisotopic (exact) mass is 736 g/mol. The second-order valence-corrected chi connectivity index (χ2v) is 14.1. The molecule has 0 spiro atoms. The normalized spacial score (nSPS) is 29.9. The third-order valence-electron chi connectivity index (χ3n) is 7.80. The van der Waals surface area contributed by atoms with Crippen LogP contribution in [0.25, 0.3) is 22.3 Å². The maximum Gasteiger partial charge on any atom is 0.313 e. The van der Waals surface area contributed by atoms with Gasteiger partial charge in [0.15, 0.2) is 12.7 Å². The average Bonchev–Trinajstić information content (AvgIpc) is 3.68. The Morgan fingerprint density at radius 2 is 1.16 bits per heavy atom. The Bertz CT molecular complexity index is 1990. The summed E-state index contributed by atoms with van der Waals surface area (Å²) in [6.07, 6.45) is -10.3. The van der Waals surface area contributed by atoms with E-state index in [9.17, 15) is 48.9 Å². The highest BCUT2D eigenvalue weighted by molar-refractivity contribution is 7.59. The number of H-pyrrole nitrogens is 2. The van der Waals surface area contributed by atoms with Gasteiger partial charge in [0.25, 0.3) is 38.7 Å². The van der Waals surface area contributed by atoms with Crippen LogP contribution in [0.2, 0.25) is 0 Å². The molecular formula is C22H30N10O15P2. The van der Waals surface area contributed by atoms with E-state index in [4.69, 9.17) is 20.9 Å². The van der Waals surface area contributed by atoms with Crippen LogP contribution in [0.15, 0.2) is 22.2 Å². The number of phosphoric acid groups is 2. The molecule has 25 nitrogen and oxygen atoms in total. The standard InChI is InChI=1S/C22H30N10O15P2/c1-29-5-31(15-9(29)17(37)27-21(23)25-15)19-13(35)11(33)7(45-19)3-43-48(39,40)47-49(41,42)44-4-8-12(34)14(36)20(46-8)32-6-30(2)10-16(32)26-22(24)28-18(10)38/h5-8,11-14,19-20,33-36H,3-4H2,1-2H3,(H6-2,23,24,25,26,27,28,37,38,39,40,41,42)/t7-,8-,11-,12-,13-,14-,19-,20-/m1/s1. The van der Waals surface area contributed by atoms with Crippen molar-refractivity contribution < 1.29 is 71.3 Å². The number of nitrogens with zero attached hydrogens (tertiary/aromatic N) is 6. The highest BCUT2D eigenvalue weighted by Gasteiger charge is 2.49. The van der Waals surface area contributed by atoms with E-state index in [0.717, 1.165) is 0 Å². The van der Waals surface area contributed by atoms with Crippen molar-refractivity contribution in [1.29, 1.82) is 0 Å². The van der Waals surface area contributed by atoms with Crippen LogP contribution >= 0.6 is 15.6 Å². The minimum absolute atomic E-state index is 0.0358. The fraction of sp³-hybridized carbons (Fsp3) is 0.545. The van der Waals surface area contributed by atoms with Crippen molar-refractivity contribution >= 4 is 49.9 Å². The Labute approximate surface area is 271 Å². The van der Waals surface area contributed by atoms with Crippen LogP contribution in [0.1, 0.15) is 12.5 Å². The summed E-state index contributed by atoms with van der Waals surface area (Å²) in [5.41, 5.74) is 10.0. The molecule has 4 aromatic heterocycles. The van der Waals surface area contributed by atoms with Crippen LogP contribution in [0.4, 0.5) is 11.9 Å². The van der Waals surface area contributed by atoms with Gasteiger partial charge in [0, 0.05) is 0 Å². The minimum atomic E-state index is -5.76. The lowest BCUT2D eigenvalue weighted by Crippen LogP contribution is -2.46. The molecular weight excluding hydrogens is 706 g/mol. The smallest absolute Gasteiger partial charge is 0.313 e. The molecule has 0 aliphatic carbocycles. The van der Waals surface area contributed by atoms with Gasteiger partial charge in [-0.25, -0.2) is 13.4 Å². The van der Waals surface area contributed by atoms with Crippen molar-refractivity contribution in [2.24, 2.45) is 14.1 Å². The number of nitrogens with one attached hydrogen (secondary N) is 2. The zero-order valence-electron chi connectivity index (χ0n) is 25.2. The van der Waals surface area contributed by atoms with Crippen LogP contribution in [0.5, 0.6) is 0 Å². The predicted octanol–water partition coefficient (Wildman–Crippen LogP) is -6.50. The number of aromatic amines is 2. The van der Waals surface area contributed by atoms with Gasteiger partial charge in [-0.1, -0.05) is 9.97 Å². The van der Waals surface area contributed by atoms with E-state index in [-0.39, 0.29) is 34.2 Å². The van der Waals surface area contributed by atoms with Gasteiger partial charge in [-0.2, -0.15) is 0 Å². The van der Waals surface area contributed by atoms with Crippen molar-refractivity contribution in [2.75, 3.05) is 24.7 Å². The van der Waals surface area contributed by atoms with Gasteiger partial charge in [-0.05, 0) is 0 Å². The van der Waals surface area contributed by atoms with Crippen LogP contribution < -0.4 is 41.5 Å². The highest BCUT2D eigenvalue weighted by Crippen LogP contribution is 2.56. The summed E-state index contributed by atoms with van der Waals surface area (Å²) in [4.78, 5) is 62.1. The van der Waals surface area contributed by atoms with Gasteiger partial charge >= 0.3 is 11.3 Å². The van der Waals surface area contributed by atoms with Crippen LogP contribution in [-0.2, 0) is 46.1 Å². The Morgan fingerprint density at radius 1 is 0.796 bits per heavy atom. The quantitative estimate of drug-likeness (QED) is 0.0554. The second kappa shape index (κ2) is 12.6. The lowest BCUT2D eigenvalue weighted by molar-refractivity contribution is -0.746. The van der Waals surface area contributed by atoms with Crippen molar-refractivity contribution in [3.05, 3.63) is 33.4 Å². The van der Waals surface area contributed by atoms with E-state index in [1.165, 1.54) is 45.0 Å². The molecule has 27 heteroatoms. The summed E-state index contributed by atoms with van der Waals surface area (Å²) in [6.45, 7) is -2.09. The van der Waals surface area contributed by atoms with Gasteiger partial charge in [0.1, 0.15) is 36.6 Å². The molecule has 2 saturated heterocycles. The third-order valence-corrected chi connectivity index (χ3v) is 10.3. The SMILES string of the molecule is Cn1c[n+]([C@@H]2O[C@H](COP(=O)([O-])OP(=O)([O-])OC[C@H]3O[C@@H]([n+]4cn(C)c5c(=O)[nH]c(N)nc54)[C@H](O)[C@@H]3O)[C@@H](O)[C@H]2O)c2nc(N)[nH]c(=O)c21. The van der Waals surface area contributed by atoms with Crippen molar-refractivity contribution in [2.45, 2.75) is 49.1 Å². The van der Waals surface area contributed by atoms with E-state index >= 15 is 0 Å². The number of aliphatic hydroxyl groups excluding tert-OH is 4. The molecule has 49 heavy (non-hydrogen) atoms. The molecule has 0 bridgehead atoms. The van der Waals surface area contributed by atoms with Crippen LogP contribution in [-0.4, -0.2) is 99.3 Å². The molecule has 2 aliphatic rings. The van der Waals surface area contributed by atoms with Crippen LogP contribution in [0, 0.1) is 0 Å². The van der Waals surface area contributed by atoms with E-state index in [1.807, 2.05) is 0 Å². The lowest BCUT2D eigenvalue weighted by Gasteiger charge is -2.31. The maximum atomic E-state index is 12.4. The van der Waals surface area contributed by atoms with E-state index in [1.54, 1.807) is 0 Å². The molecule has 0 saturated carbocycles. The molecule has 2 fully saturated rings. The fourth-order valence-electron chi connectivity index (χ4n) is 5.60. The molecule has 10 N–H and O–H groups in total. The first-order valence-electron chi connectivity index (χ1n) is 14.0. The minimum Gasteiger partial charge on any atom is -0.756 e. The molecule has 4 aromatic rings. The summed E-state index contributed by atoms with van der Waals surface area (Å²) >= 11 is 0. The maximum absolute atomic E-state index is 12.4. The second-order valence-electron chi connectivity index (χ2n) is 11.2. The van der Waals surface area contributed by atoms with E-state index < -0.39 is 89.1 Å². The highest BCUT2D eigenvalue weighted by atomic mass is 31.3. The third kappa shape index (κ3) is 6.52. The number of phosphoric ester groups is 2. The summed E-state index contributed by atoms with van der Waals surface area (Å²) in [6, 6.07) is 0. The number of imidazole rings is 2. The van der Waals surface area contributed by atoms with E-state index in [0.29, 0.717) is 0 Å². The molecule has 0 aromatic carbocycles. The molecule has 6 rings (SSSR count). The van der Waals surface area contributed by atoms with Gasteiger partial charge < -0.3 is 60.2 Å². The first-order valence-corrected chi connectivity index (χ1v) is 17.0. The molecule has 2 unspecified atom stereocenters. The van der Waals surface area contributed by atoms with Gasteiger partial charge in [0.05, 0.1) is 27.3 Å². The summed E-state index contributed by atoms with van der Waals surface area (Å²) in [5.74, 6) is -0.512. The molecule has 2 aliphatic heterocycles. The topological polar surface area (TPSA) is 368 Å². The zero-order valence-corrected chi connectivity index (χ0v) is 27.0. The Hall–Kier alpha value is -3.68. The summed E-state index contributed by atoms with van der Waals surface area (Å²) in [7, 11) is -8.54. The molecule has 0 amide bonds. The van der Waals surface area contributed by atoms with Crippen molar-refractivity contribution in [3.8, 4) is 0 Å². The predicted molar refractivity (Wildman–Crippen MR) is 152 cm³/mol. The van der Waals surface area contributed by atoms with Crippen LogP contribution in [0.3, 0.4) is 0 Å². The molecule has 268 valence electrons. The Kier molecular flexibility index (Phi) is 9.02. The Morgan fingerprint density at radius 3 is 1.53 bits per heavy atom. The van der Waals surface area contributed by atoms with Crippen molar-refractivity contribution in [1.82, 2.24) is 29.1 Å². The summed E-state index contributed by atoms with van der Waals surface area (Å²) < 4.78 is 54.2. The first kappa shape index (κ1) is 35.2. The lowest BCUT2D eigenvalue weighted by atomic mass is 10.1. The largest absolute Gasteiger partial charge is 0.756 e. The number of fused-ring (bicyclic) bond motifs is 2. The number of ether oxygens (including phenoxy) is 2. The number of aryl methyl sites for hydroxylation is 2. The van der Waals surface area contributed by atoms with Crippen molar-refractivity contribution in [3.63, 3.8) is 0 Å². The number of nitrogens with two attached hydrogens (primary N) is 2. The molecule has 0 radical (unpaired) electrons. The number of aromatic nitrogens is 8. The number of hydrogen-bond acceptors (Lipinski definition) is 19. The van der Waals surface area contributed by atoms with Gasteiger partial charge in [-0.3, -0.25) is 37.8 Å². The van der Waals surface area contributed by atoms with Gasteiger partial charge in [0.2, 0.25) is 23.5 Å². The number of hydrogen-bond donors (Lipinski definition) is 8. The number of nitrogen functional groups attached to an aromatic ring is 2. The van der Waals surface area contributed by atoms with Gasteiger partial charge in [-0.15, -0.1) is 0 Å². The number of rotatable bonds is 10. The molecule has 6 heterocycles.